The van der Waals surface area contributed by atoms with Crippen LogP contribution in [0.4, 0.5) is 11.4 Å². The average molecular weight is 546 g/mol. The molecule has 2 amide bonds. The lowest BCUT2D eigenvalue weighted by Crippen LogP contribution is -2.51. The molecule has 0 aromatic heterocycles. The number of piperazine rings is 1. The van der Waals surface area contributed by atoms with E-state index >= 15 is 0 Å². The van der Waals surface area contributed by atoms with Crippen molar-refractivity contribution in [2.24, 2.45) is 4.99 Å². The van der Waals surface area contributed by atoms with Crippen molar-refractivity contribution in [3.8, 4) is 11.5 Å². The number of amidine groups is 1. The Bertz CT molecular complexity index is 1400. The highest BCUT2D eigenvalue weighted by molar-refractivity contribution is 6.31. The standard InChI is InChI=1S/C17H16ClN3O.C13H16N2O2/c18-12-5-6-15-13(11-12)17(21-9-7-19-8-10-21)20-14-3-1-2-4-16(14)22-15;1-2-13(8-7-11(16)15-12(13)17)9-3-5-10(14)6-4-9/h1-6,11,19H,7-10H2;3-6H,2,7-8,14H2,1H3,(H,15,16,17). The van der Waals surface area contributed by atoms with Crippen LogP contribution in [0.1, 0.15) is 37.3 Å². The number of fused-ring (bicyclic) bond motifs is 2. The lowest BCUT2D eigenvalue weighted by molar-refractivity contribution is -0.138. The first kappa shape index (κ1) is 26.7. The number of benzene rings is 3. The molecule has 6 rings (SSSR count). The molecule has 1 unspecified atom stereocenters. The molecule has 1 atom stereocenters. The number of aliphatic imine (C=N–C) groups is 1. The summed E-state index contributed by atoms with van der Waals surface area (Å²) in [6, 6.07) is 20.9. The molecular weight excluding hydrogens is 514 g/mol. The van der Waals surface area contributed by atoms with Crippen LogP contribution in [0.3, 0.4) is 0 Å². The normalized spacial score (nSPS) is 20.3. The van der Waals surface area contributed by atoms with Gasteiger partial charge in [0.15, 0.2) is 5.75 Å². The minimum atomic E-state index is -0.582. The smallest absolute Gasteiger partial charge is 0.237 e. The Labute approximate surface area is 233 Å². The topological polar surface area (TPSA) is 109 Å². The minimum absolute atomic E-state index is 0.186. The summed E-state index contributed by atoms with van der Waals surface area (Å²) in [5.41, 5.74) is 8.46. The van der Waals surface area contributed by atoms with Gasteiger partial charge in [-0.05, 0) is 60.9 Å². The van der Waals surface area contributed by atoms with E-state index in [-0.39, 0.29) is 11.8 Å². The van der Waals surface area contributed by atoms with Crippen LogP contribution in [0.25, 0.3) is 0 Å². The molecule has 3 aliphatic rings. The lowest BCUT2D eigenvalue weighted by Gasteiger charge is -2.34. The molecule has 3 aliphatic heterocycles. The van der Waals surface area contributed by atoms with Gasteiger partial charge in [0, 0.05) is 43.3 Å². The maximum absolute atomic E-state index is 12.1. The van der Waals surface area contributed by atoms with Crippen molar-refractivity contribution < 1.29 is 14.3 Å². The first-order valence-electron chi connectivity index (χ1n) is 13.2. The third kappa shape index (κ3) is 5.62. The zero-order valence-corrected chi connectivity index (χ0v) is 22.6. The number of carbonyl (C=O) groups is 2. The maximum Gasteiger partial charge on any atom is 0.237 e. The number of nitrogen functional groups attached to an aromatic ring is 1. The van der Waals surface area contributed by atoms with E-state index in [1.54, 1.807) is 12.1 Å². The molecule has 39 heavy (non-hydrogen) atoms. The number of ether oxygens (including phenoxy) is 1. The van der Waals surface area contributed by atoms with Gasteiger partial charge in [0.1, 0.15) is 17.3 Å². The Morgan fingerprint density at radius 3 is 2.49 bits per heavy atom. The van der Waals surface area contributed by atoms with E-state index in [2.05, 4.69) is 15.5 Å². The van der Waals surface area contributed by atoms with Crippen LogP contribution < -0.4 is 21.1 Å². The molecule has 3 aromatic rings. The number of imide groups is 1. The summed E-state index contributed by atoms with van der Waals surface area (Å²) in [6.07, 6.45) is 1.64. The zero-order valence-electron chi connectivity index (χ0n) is 21.9. The van der Waals surface area contributed by atoms with Crippen LogP contribution in [-0.2, 0) is 15.0 Å². The highest BCUT2D eigenvalue weighted by Crippen LogP contribution is 2.39. The second-order valence-corrected chi connectivity index (χ2v) is 10.3. The predicted molar refractivity (Wildman–Crippen MR) is 154 cm³/mol. The van der Waals surface area contributed by atoms with Gasteiger partial charge in [-0.25, -0.2) is 4.99 Å². The van der Waals surface area contributed by atoms with Crippen molar-refractivity contribution in [3.05, 3.63) is 82.9 Å². The van der Waals surface area contributed by atoms with E-state index in [0.29, 0.717) is 30.0 Å². The van der Waals surface area contributed by atoms with E-state index in [1.165, 1.54) is 0 Å². The van der Waals surface area contributed by atoms with Gasteiger partial charge in [0.2, 0.25) is 11.8 Å². The quantitative estimate of drug-likeness (QED) is 0.316. The second-order valence-electron chi connectivity index (χ2n) is 9.82. The van der Waals surface area contributed by atoms with Crippen LogP contribution in [0.2, 0.25) is 5.02 Å². The Morgan fingerprint density at radius 1 is 1.03 bits per heavy atom. The van der Waals surface area contributed by atoms with Crippen LogP contribution in [0.15, 0.2) is 71.7 Å². The van der Waals surface area contributed by atoms with E-state index in [1.807, 2.05) is 61.5 Å². The lowest BCUT2D eigenvalue weighted by atomic mass is 9.72. The molecule has 2 saturated heterocycles. The van der Waals surface area contributed by atoms with Crippen molar-refractivity contribution in [2.75, 3.05) is 31.9 Å². The van der Waals surface area contributed by atoms with E-state index in [0.717, 1.165) is 60.3 Å². The number of carbonyl (C=O) groups excluding carboxylic acids is 2. The molecule has 3 aromatic carbocycles. The number of piperidine rings is 1. The van der Waals surface area contributed by atoms with Gasteiger partial charge in [-0.3, -0.25) is 14.9 Å². The van der Waals surface area contributed by atoms with Gasteiger partial charge in [-0.15, -0.1) is 0 Å². The monoisotopic (exact) mass is 545 g/mol. The van der Waals surface area contributed by atoms with Crippen LogP contribution >= 0.6 is 11.6 Å². The Balaban J connectivity index is 0.000000164. The highest BCUT2D eigenvalue weighted by atomic mass is 35.5. The molecule has 0 bridgehead atoms. The third-order valence-corrected chi connectivity index (χ3v) is 7.68. The molecule has 9 heteroatoms. The molecule has 8 nitrogen and oxygen atoms in total. The summed E-state index contributed by atoms with van der Waals surface area (Å²) >= 11 is 6.20. The van der Waals surface area contributed by atoms with E-state index in [9.17, 15) is 9.59 Å². The summed E-state index contributed by atoms with van der Waals surface area (Å²) in [6.45, 7) is 5.72. The van der Waals surface area contributed by atoms with Gasteiger partial charge in [0.05, 0.1) is 11.0 Å². The number of para-hydroxylation sites is 2. The van der Waals surface area contributed by atoms with Gasteiger partial charge in [0.25, 0.3) is 0 Å². The molecule has 0 aliphatic carbocycles. The van der Waals surface area contributed by atoms with Crippen molar-refractivity contribution in [1.29, 1.82) is 0 Å². The van der Waals surface area contributed by atoms with Crippen molar-refractivity contribution >= 4 is 40.6 Å². The van der Waals surface area contributed by atoms with Crippen LogP contribution in [0.5, 0.6) is 11.5 Å². The largest absolute Gasteiger partial charge is 0.454 e. The Morgan fingerprint density at radius 2 is 1.77 bits per heavy atom. The molecule has 0 radical (unpaired) electrons. The van der Waals surface area contributed by atoms with Crippen LogP contribution in [0, 0.1) is 0 Å². The minimum Gasteiger partial charge on any atom is -0.454 e. The number of amides is 2. The molecule has 0 saturated carbocycles. The number of halogens is 1. The summed E-state index contributed by atoms with van der Waals surface area (Å²) in [7, 11) is 0. The van der Waals surface area contributed by atoms with Crippen molar-refractivity contribution in [3.63, 3.8) is 0 Å². The summed E-state index contributed by atoms with van der Waals surface area (Å²) in [4.78, 5) is 30.5. The fourth-order valence-corrected chi connectivity index (χ4v) is 5.35. The molecular formula is C30H32ClN5O3. The molecule has 202 valence electrons. The van der Waals surface area contributed by atoms with E-state index in [4.69, 9.17) is 27.1 Å². The number of anilines is 1. The van der Waals surface area contributed by atoms with Gasteiger partial charge >= 0.3 is 0 Å². The first-order chi connectivity index (χ1) is 18.9. The molecule has 2 fully saturated rings. The van der Waals surface area contributed by atoms with Gasteiger partial charge in [-0.1, -0.05) is 42.8 Å². The summed E-state index contributed by atoms with van der Waals surface area (Å²) in [5.74, 6) is 2.13. The molecule has 4 N–H and O–H groups in total. The fourth-order valence-electron chi connectivity index (χ4n) is 5.18. The zero-order chi connectivity index (χ0) is 27.4. The Kier molecular flexibility index (Phi) is 7.86. The first-order valence-corrected chi connectivity index (χ1v) is 13.6. The number of rotatable bonds is 2. The molecule has 0 spiro atoms. The molecule has 3 heterocycles. The van der Waals surface area contributed by atoms with Crippen LogP contribution in [-0.4, -0.2) is 48.7 Å². The number of hydrogen-bond acceptors (Lipinski definition) is 7. The number of hydrogen-bond donors (Lipinski definition) is 3. The van der Waals surface area contributed by atoms with E-state index < -0.39 is 5.41 Å². The predicted octanol–water partition coefficient (Wildman–Crippen LogP) is 4.78. The second kappa shape index (κ2) is 11.5. The number of nitrogens with zero attached hydrogens (tertiary/aromatic N) is 2. The van der Waals surface area contributed by atoms with Gasteiger partial charge in [-0.2, -0.15) is 0 Å². The summed E-state index contributed by atoms with van der Waals surface area (Å²) < 4.78 is 6.06. The fraction of sp³-hybridized carbons (Fsp3) is 0.300. The average Bonchev–Trinajstić information content (AvgIpc) is 3.11. The Hall–Kier alpha value is -3.88. The number of nitrogens with two attached hydrogens (primary N) is 1. The SMILES string of the molecule is CCC1(c2ccc(N)cc2)CCC(=O)NC1=O.Clc1ccc2c(c1)C(N1CCNCC1)=Nc1ccccc1O2. The third-order valence-electron chi connectivity index (χ3n) is 7.44. The van der Waals surface area contributed by atoms with Gasteiger partial charge < -0.3 is 20.7 Å². The number of nitrogens with one attached hydrogen (secondary N) is 2. The maximum atomic E-state index is 12.1. The highest BCUT2D eigenvalue weighted by Gasteiger charge is 2.42. The summed E-state index contributed by atoms with van der Waals surface area (Å²) in [5, 5.41) is 6.49. The van der Waals surface area contributed by atoms with Crippen molar-refractivity contribution in [2.45, 2.75) is 31.6 Å². The van der Waals surface area contributed by atoms with Crippen molar-refractivity contribution in [1.82, 2.24) is 15.5 Å².